The molecule has 3 heteroatoms. The van der Waals surface area contributed by atoms with E-state index in [0.29, 0.717) is 0 Å². The zero-order valence-corrected chi connectivity index (χ0v) is 11.7. The first kappa shape index (κ1) is 11.3. The largest absolute Gasteiger partial charge is 0.460 e. The third kappa shape index (κ3) is 1.38. The standard InChI is InChI=1S/C18H16N2O/c19-20-15-7-3-1-5-11(15)13-9-14-12-6-2-4-8-17(12)21-18(14)10-16(13)20/h2-3,6-7,9-10H,1,4-5,8,19H2. The Morgan fingerprint density at radius 3 is 2.81 bits per heavy atom. The number of benzene rings is 1. The van der Waals surface area contributed by atoms with Gasteiger partial charge in [-0.2, -0.15) is 0 Å². The van der Waals surface area contributed by atoms with Crippen molar-refractivity contribution in [3.63, 3.8) is 0 Å². The van der Waals surface area contributed by atoms with Crippen LogP contribution in [0.3, 0.4) is 0 Å². The van der Waals surface area contributed by atoms with Gasteiger partial charge in [0.2, 0.25) is 0 Å². The molecule has 21 heavy (non-hydrogen) atoms. The number of nitrogens with two attached hydrogens (primary N) is 1. The summed E-state index contributed by atoms with van der Waals surface area (Å²) in [5, 5.41) is 2.49. The number of hydrogen-bond donors (Lipinski definition) is 1. The molecule has 2 aromatic heterocycles. The van der Waals surface area contributed by atoms with Crippen LogP contribution < -0.4 is 5.84 Å². The van der Waals surface area contributed by atoms with Crippen molar-refractivity contribution in [2.45, 2.75) is 25.7 Å². The van der Waals surface area contributed by atoms with Gasteiger partial charge >= 0.3 is 0 Å². The SMILES string of the molecule is Nn1c2c(c3cc4c5c(oc4cc31)CCC=C5)CCC=C2. The highest BCUT2D eigenvalue weighted by Gasteiger charge is 2.20. The Kier molecular flexibility index (Phi) is 2.05. The Morgan fingerprint density at radius 2 is 1.86 bits per heavy atom. The third-order valence-electron chi connectivity index (χ3n) is 4.73. The number of hydrogen-bond acceptors (Lipinski definition) is 2. The van der Waals surface area contributed by atoms with Crippen molar-refractivity contribution in [1.29, 1.82) is 0 Å². The quantitative estimate of drug-likeness (QED) is 0.630. The molecule has 3 nitrogen and oxygen atoms in total. The molecule has 0 saturated carbocycles. The highest BCUT2D eigenvalue weighted by Crippen LogP contribution is 2.37. The van der Waals surface area contributed by atoms with E-state index in [9.17, 15) is 0 Å². The van der Waals surface area contributed by atoms with E-state index in [2.05, 4.69) is 36.4 Å². The number of nitrogen functional groups attached to an aromatic ring is 1. The molecule has 0 saturated heterocycles. The molecule has 3 aromatic rings. The molecule has 0 atom stereocenters. The predicted molar refractivity (Wildman–Crippen MR) is 86.6 cm³/mol. The van der Waals surface area contributed by atoms with E-state index < -0.39 is 0 Å². The molecule has 5 rings (SSSR count). The monoisotopic (exact) mass is 276 g/mol. The molecule has 0 aliphatic heterocycles. The maximum absolute atomic E-state index is 6.28. The van der Waals surface area contributed by atoms with E-state index in [1.54, 1.807) is 4.68 Å². The van der Waals surface area contributed by atoms with Crippen molar-refractivity contribution in [2.75, 3.05) is 5.84 Å². The first-order chi connectivity index (χ1) is 10.3. The van der Waals surface area contributed by atoms with Crippen molar-refractivity contribution >= 4 is 34.0 Å². The van der Waals surface area contributed by atoms with Gasteiger partial charge in [-0.05, 0) is 37.0 Å². The Balaban J connectivity index is 1.93. The summed E-state index contributed by atoms with van der Waals surface area (Å²) in [7, 11) is 0. The van der Waals surface area contributed by atoms with Crippen LogP contribution in [-0.4, -0.2) is 4.68 Å². The van der Waals surface area contributed by atoms with Crippen LogP contribution in [0.4, 0.5) is 0 Å². The van der Waals surface area contributed by atoms with Gasteiger partial charge in [0, 0.05) is 28.8 Å². The van der Waals surface area contributed by atoms with Crippen LogP contribution in [-0.2, 0) is 12.8 Å². The first-order valence-electron chi connectivity index (χ1n) is 7.54. The predicted octanol–water partition coefficient (Wildman–Crippen LogP) is 4.02. The fraction of sp³-hybridized carbons (Fsp3) is 0.222. The van der Waals surface area contributed by atoms with Gasteiger partial charge in [0.15, 0.2) is 0 Å². The maximum Gasteiger partial charge on any atom is 0.137 e. The van der Waals surface area contributed by atoms with Gasteiger partial charge in [0.1, 0.15) is 11.3 Å². The smallest absolute Gasteiger partial charge is 0.137 e. The lowest BCUT2D eigenvalue weighted by Crippen LogP contribution is -2.10. The lowest BCUT2D eigenvalue weighted by Gasteiger charge is -2.06. The third-order valence-corrected chi connectivity index (χ3v) is 4.73. The van der Waals surface area contributed by atoms with Gasteiger partial charge in [-0.3, -0.25) is 4.68 Å². The zero-order valence-electron chi connectivity index (χ0n) is 11.7. The maximum atomic E-state index is 6.28. The molecular formula is C18H16N2O. The van der Waals surface area contributed by atoms with Crippen molar-refractivity contribution in [2.24, 2.45) is 0 Å². The number of aryl methyl sites for hydroxylation is 2. The van der Waals surface area contributed by atoms with Crippen LogP contribution in [0.25, 0.3) is 34.0 Å². The van der Waals surface area contributed by atoms with E-state index in [1.807, 2.05) is 0 Å². The second-order valence-electron chi connectivity index (χ2n) is 5.92. The van der Waals surface area contributed by atoms with E-state index >= 15 is 0 Å². The highest BCUT2D eigenvalue weighted by molar-refractivity contribution is 6.02. The normalized spacial score (nSPS) is 16.6. The van der Waals surface area contributed by atoms with Gasteiger partial charge in [-0.15, -0.1) is 0 Å². The van der Waals surface area contributed by atoms with E-state index in [4.69, 9.17) is 10.3 Å². The van der Waals surface area contributed by atoms with Crippen molar-refractivity contribution in [1.82, 2.24) is 4.68 Å². The molecule has 104 valence electrons. The summed E-state index contributed by atoms with van der Waals surface area (Å²) in [5.74, 6) is 7.39. The molecule has 2 aliphatic rings. The molecule has 0 radical (unpaired) electrons. The fourth-order valence-electron chi connectivity index (χ4n) is 3.71. The molecule has 1 aromatic carbocycles. The Hall–Kier alpha value is -2.42. The van der Waals surface area contributed by atoms with Crippen LogP contribution in [0, 0.1) is 0 Å². The minimum atomic E-state index is 0.949. The van der Waals surface area contributed by atoms with Crippen molar-refractivity contribution in [3.05, 3.63) is 46.9 Å². The molecule has 0 spiro atoms. The lowest BCUT2D eigenvalue weighted by molar-refractivity contribution is 0.546. The Morgan fingerprint density at radius 1 is 1.00 bits per heavy atom. The summed E-state index contributed by atoms with van der Waals surface area (Å²) >= 11 is 0. The lowest BCUT2D eigenvalue weighted by atomic mass is 9.98. The Bertz CT molecular complexity index is 953. The number of nitrogens with zero attached hydrogens (tertiary/aromatic N) is 1. The van der Waals surface area contributed by atoms with Gasteiger partial charge in [0.05, 0.1) is 11.2 Å². The summed E-state index contributed by atoms with van der Waals surface area (Å²) in [6.45, 7) is 0. The van der Waals surface area contributed by atoms with Crippen LogP contribution in [0.1, 0.15) is 35.4 Å². The van der Waals surface area contributed by atoms with Crippen molar-refractivity contribution < 1.29 is 4.42 Å². The molecular weight excluding hydrogens is 260 g/mol. The van der Waals surface area contributed by atoms with E-state index in [0.717, 1.165) is 48.2 Å². The second-order valence-corrected chi connectivity index (χ2v) is 5.92. The molecule has 2 N–H and O–H groups in total. The van der Waals surface area contributed by atoms with Crippen LogP contribution in [0.2, 0.25) is 0 Å². The molecule has 2 heterocycles. The number of rotatable bonds is 0. The summed E-state index contributed by atoms with van der Waals surface area (Å²) < 4.78 is 7.85. The van der Waals surface area contributed by atoms with Gasteiger partial charge in [0.25, 0.3) is 0 Å². The van der Waals surface area contributed by atoms with Crippen LogP contribution in [0.15, 0.2) is 28.7 Å². The number of furan rings is 1. The molecule has 0 fully saturated rings. The zero-order chi connectivity index (χ0) is 14.0. The topological polar surface area (TPSA) is 44.1 Å². The summed E-state index contributed by atoms with van der Waals surface area (Å²) in [6.07, 6.45) is 13.0. The molecule has 0 amide bonds. The van der Waals surface area contributed by atoms with Gasteiger partial charge in [-0.25, -0.2) is 0 Å². The highest BCUT2D eigenvalue weighted by atomic mass is 16.3. The number of fused-ring (bicyclic) bond motifs is 6. The summed E-state index contributed by atoms with van der Waals surface area (Å²) in [6, 6.07) is 4.37. The molecule has 2 aliphatic carbocycles. The molecule has 0 bridgehead atoms. The average Bonchev–Trinajstić information content (AvgIpc) is 3.02. The van der Waals surface area contributed by atoms with E-state index in [-0.39, 0.29) is 0 Å². The fourth-order valence-corrected chi connectivity index (χ4v) is 3.71. The minimum absolute atomic E-state index is 0.949. The summed E-state index contributed by atoms with van der Waals surface area (Å²) in [4.78, 5) is 0. The Labute approximate surface area is 122 Å². The second kappa shape index (κ2) is 3.82. The minimum Gasteiger partial charge on any atom is -0.460 e. The van der Waals surface area contributed by atoms with E-state index in [1.165, 1.54) is 21.9 Å². The first-order valence-corrected chi connectivity index (χ1v) is 7.54. The van der Waals surface area contributed by atoms with Crippen LogP contribution in [0.5, 0.6) is 0 Å². The molecule has 0 unspecified atom stereocenters. The van der Waals surface area contributed by atoms with Gasteiger partial charge in [-0.1, -0.05) is 18.2 Å². The van der Waals surface area contributed by atoms with Crippen LogP contribution >= 0.6 is 0 Å². The van der Waals surface area contributed by atoms with Crippen molar-refractivity contribution in [3.8, 4) is 0 Å². The number of allylic oxidation sites excluding steroid dienone is 2. The average molecular weight is 276 g/mol. The number of aromatic nitrogens is 1. The summed E-state index contributed by atoms with van der Waals surface area (Å²) in [5.41, 5.74) is 5.77. The van der Waals surface area contributed by atoms with Gasteiger partial charge < -0.3 is 10.3 Å².